The monoisotopic (exact) mass is 246 g/mol. The van der Waals surface area contributed by atoms with E-state index in [9.17, 15) is 0 Å². The molecular formula is C13H14N2OS. The van der Waals surface area contributed by atoms with Gasteiger partial charge in [0.1, 0.15) is 5.01 Å². The van der Waals surface area contributed by atoms with Crippen molar-refractivity contribution in [3.8, 4) is 10.6 Å². The van der Waals surface area contributed by atoms with Gasteiger partial charge in [-0.3, -0.25) is 0 Å². The molecule has 1 aliphatic rings. The van der Waals surface area contributed by atoms with Crippen LogP contribution in [0.5, 0.6) is 0 Å². The van der Waals surface area contributed by atoms with Gasteiger partial charge in [-0.25, -0.2) is 4.98 Å². The van der Waals surface area contributed by atoms with Crippen LogP contribution < -0.4 is 4.90 Å². The predicted molar refractivity (Wildman–Crippen MR) is 70.6 cm³/mol. The number of hydrogen-bond donors (Lipinski definition) is 0. The van der Waals surface area contributed by atoms with Gasteiger partial charge in [0.25, 0.3) is 0 Å². The summed E-state index contributed by atoms with van der Waals surface area (Å²) in [5.41, 5.74) is 2.50. The lowest BCUT2D eigenvalue weighted by atomic mass is 10.1. The fourth-order valence-corrected chi connectivity index (χ4v) is 2.76. The molecule has 1 aliphatic heterocycles. The first-order valence-corrected chi connectivity index (χ1v) is 6.65. The fourth-order valence-electron chi connectivity index (χ4n) is 2.09. The summed E-state index contributed by atoms with van der Waals surface area (Å²) >= 11 is 1.69. The number of ether oxygens (including phenoxy) is 1. The minimum absolute atomic E-state index is 0.812. The van der Waals surface area contributed by atoms with Crippen molar-refractivity contribution in [3.05, 3.63) is 35.8 Å². The first-order valence-electron chi connectivity index (χ1n) is 5.77. The van der Waals surface area contributed by atoms with Crippen LogP contribution >= 0.6 is 11.3 Å². The van der Waals surface area contributed by atoms with Gasteiger partial charge in [0, 0.05) is 35.9 Å². The van der Waals surface area contributed by atoms with Crippen LogP contribution in [0.1, 0.15) is 0 Å². The Kier molecular flexibility index (Phi) is 3.07. The van der Waals surface area contributed by atoms with Crippen molar-refractivity contribution >= 4 is 17.0 Å². The van der Waals surface area contributed by atoms with Crippen LogP contribution in [0.3, 0.4) is 0 Å². The molecule has 1 aromatic carbocycles. The van der Waals surface area contributed by atoms with E-state index >= 15 is 0 Å². The maximum atomic E-state index is 5.40. The molecule has 0 atom stereocenters. The van der Waals surface area contributed by atoms with Gasteiger partial charge in [-0.2, -0.15) is 0 Å². The van der Waals surface area contributed by atoms with Crippen molar-refractivity contribution < 1.29 is 4.74 Å². The largest absolute Gasteiger partial charge is 0.378 e. The molecule has 0 N–H and O–H groups in total. The summed E-state index contributed by atoms with van der Waals surface area (Å²) in [6, 6.07) is 8.47. The summed E-state index contributed by atoms with van der Waals surface area (Å²) in [7, 11) is 0. The highest BCUT2D eigenvalue weighted by Crippen LogP contribution is 2.32. The number of hydrogen-bond acceptors (Lipinski definition) is 4. The van der Waals surface area contributed by atoms with E-state index in [1.807, 2.05) is 11.6 Å². The number of thiazole rings is 1. The second-order valence-electron chi connectivity index (χ2n) is 3.95. The van der Waals surface area contributed by atoms with Gasteiger partial charge in [0.15, 0.2) is 0 Å². The lowest BCUT2D eigenvalue weighted by Crippen LogP contribution is -2.36. The summed E-state index contributed by atoms with van der Waals surface area (Å²) < 4.78 is 5.40. The molecule has 0 radical (unpaired) electrons. The highest BCUT2D eigenvalue weighted by molar-refractivity contribution is 7.13. The van der Waals surface area contributed by atoms with Crippen LogP contribution in [0.4, 0.5) is 5.69 Å². The lowest BCUT2D eigenvalue weighted by Gasteiger charge is -2.30. The lowest BCUT2D eigenvalue weighted by molar-refractivity contribution is 0.123. The van der Waals surface area contributed by atoms with Crippen LogP contribution in [0.15, 0.2) is 35.8 Å². The van der Waals surface area contributed by atoms with Crippen molar-refractivity contribution in [3.63, 3.8) is 0 Å². The van der Waals surface area contributed by atoms with Gasteiger partial charge in [0.2, 0.25) is 0 Å². The number of anilines is 1. The molecule has 17 heavy (non-hydrogen) atoms. The van der Waals surface area contributed by atoms with E-state index in [-0.39, 0.29) is 0 Å². The summed E-state index contributed by atoms with van der Waals surface area (Å²) in [4.78, 5) is 6.78. The van der Waals surface area contributed by atoms with Crippen LogP contribution in [0, 0.1) is 0 Å². The maximum Gasteiger partial charge on any atom is 0.125 e. The first-order chi connectivity index (χ1) is 8.45. The van der Waals surface area contributed by atoms with Crippen LogP contribution in [-0.4, -0.2) is 31.3 Å². The van der Waals surface area contributed by atoms with Crippen molar-refractivity contribution in [2.75, 3.05) is 31.2 Å². The second-order valence-corrected chi connectivity index (χ2v) is 4.85. The Balaban J connectivity index is 1.98. The van der Waals surface area contributed by atoms with Crippen molar-refractivity contribution in [1.29, 1.82) is 0 Å². The normalized spacial score (nSPS) is 16.1. The minimum Gasteiger partial charge on any atom is -0.378 e. The Morgan fingerprint density at radius 1 is 1.18 bits per heavy atom. The molecule has 88 valence electrons. The number of benzene rings is 1. The predicted octanol–water partition coefficient (Wildman–Crippen LogP) is 2.65. The number of rotatable bonds is 2. The molecule has 4 heteroatoms. The molecule has 2 heterocycles. The zero-order valence-corrected chi connectivity index (χ0v) is 10.3. The van der Waals surface area contributed by atoms with Crippen molar-refractivity contribution in [2.45, 2.75) is 0 Å². The summed E-state index contributed by atoms with van der Waals surface area (Å²) in [5.74, 6) is 0. The van der Waals surface area contributed by atoms with Gasteiger partial charge >= 0.3 is 0 Å². The molecule has 0 saturated carbocycles. The highest BCUT2D eigenvalue weighted by atomic mass is 32.1. The van der Waals surface area contributed by atoms with Crippen molar-refractivity contribution in [2.24, 2.45) is 0 Å². The third kappa shape index (κ3) is 2.18. The van der Waals surface area contributed by atoms with Gasteiger partial charge in [-0.1, -0.05) is 12.1 Å². The molecule has 3 nitrogen and oxygen atoms in total. The molecule has 1 fully saturated rings. The van der Waals surface area contributed by atoms with Gasteiger partial charge in [-0.15, -0.1) is 11.3 Å². The quantitative estimate of drug-likeness (QED) is 0.814. The van der Waals surface area contributed by atoms with E-state index in [0.717, 1.165) is 31.3 Å². The molecular weight excluding hydrogens is 232 g/mol. The maximum absolute atomic E-state index is 5.40. The Morgan fingerprint density at radius 3 is 2.76 bits per heavy atom. The Bertz CT molecular complexity index is 478. The van der Waals surface area contributed by atoms with Crippen LogP contribution in [0.2, 0.25) is 0 Å². The SMILES string of the molecule is c1ccc(N2CCOCC2)c(-c2nccs2)c1. The Hall–Kier alpha value is -1.39. The van der Waals surface area contributed by atoms with E-state index in [2.05, 4.69) is 34.1 Å². The van der Waals surface area contributed by atoms with E-state index in [1.54, 1.807) is 11.3 Å². The molecule has 1 aromatic heterocycles. The second kappa shape index (κ2) is 4.85. The topological polar surface area (TPSA) is 25.4 Å². The van der Waals surface area contributed by atoms with Crippen molar-refractivity contribution in [1.82, 2.24) is 4.98 Å². The first kappa shape index (κ1) is 10.7. The Labute approximate surface area is 105 Å². The molecule has 0 amide bonds. The third-order valence-electron chi connectivity index (χ3n) is 2.92. The average Bonchev–Trinajstić information content (AvgIpc) is 2.94. The zero-order valence-electron chi connectivity index (χ0n) is 9.50. The van der Waals surface area contributed by atoms with E-state index in [4.69, 9.17) is 4.74 Å². The minimum atomic E-state index is 0.812. The highest BCUT2D eigenvalue weighted by Gasteiger charge is 2.15. The van der Waals surface area contributed by atoms with Crippen LogP contribution in [-0.2, 0) is 4.74 Å². The summed E-state index contributed by atoms with van der Waals surface area (Å²) in [5, 5.41) is 3.11. The zero-order chi connectivity index (χ0) is 11.5. The van der Waals surface area contributed by atoms with Crippen LogP contribution in [0.25, 0.3) is 10.6 Å². The molecule has 0 bridgehead atoms. The number of aromatic nitrogens is 1. The average molecular weight is 246 g/mol. The number of para-hydroxylation sites is 1. The molecule has 1 saturated heterocycles. The van der Waals surface area contributed by atoms with Gasteiger partial charge in [-0.05, 0) is 12.1 Å². The van der Waals surface area contributed by atoms with Gasteiger partial charge < -0.3 is 9.64 Å². The Morgan fingerprint density at radius 2 is 2.00 bits per heavy atom. The molecule has 0 unspecified atom stereocenters. The smallest absolute Gasteiger partial charge is 0.125 e. The molecule has 3 rings (SSSR count). The third-order valence-corrected chi connectivity index (χ3v) is 3.72. The molecule has 2 aromatic rings. The van der Waals surface area contributed by atoms with E-state index < -0.39 is 0 Å². The van der Waals surface area contributed by atoms with Gasteiger partial charge in [0.05, 0.1) is 13.2 Å². The number of morpholine rings is 1. The molecule has 0 spiro atoms. The summed E-state index contributed by atoms with van der Waals surface area (Å²) in [6.45, 7) is 3.54. The molecule has 0 aliphatic carbocycles. The summed E-state index contributed by atoms with van der Waals surface area (Å²) in [6.07, 6.45) is 1.86. The number of nitrogens with zero attached hydrogens (tertiary/aromatic N) is 2. The van der Waals surface area contributed by atoms with E-state index in [1.165, 1.54) is 11.3 Å². The fraction of sp³-hybridized carbons (Fsp3) is 0.308. The standard InChI is InChI=1S/C13H14N2OS/c1-2-4-12(15-6-8-16-9-7-15)11(3-1)13-14-5-10-17-13/h1-5,10H,6-9H2. The van der Waals surface area contributed by atoms with E-state index in [0.29, 0.717) is 0 Å².